The van der Waals surface area contributed by atoms with Crippen molar-refractivity contribution in [2.24, 2.45) is 0 Å². The van der Waals surface area contributed by atoms with E-state index >= 15 is 0 Å². The third-order valence-electron chi connectivity index (χ3n) is 3.30. The molecule has 0 saturated heterocycles. The summed E-state index contributed by atoms with van der Waals surface area (Å²) in [7, 11) is 0. The molecule has 0 aliphatic heterocycles. The molecule has 1 amide bonds. The molecule has 2 N–H and O–H groups in total. The summed E-state index contributed by atoms with van der Waals surface area (Å²) < 4.78 is 1.73. The van der Waals surface area contributed by atoms with E-state index in [9.17, 15) is 4.79 Å². The topological polar surface area (TPSA) is 67.2 Å². The SMILES string of the molecule is CC(CO)NC(=O)c1cnn(-c2cccc(Cl)c2)c1C(C)C. The Labute approximate surface area is 134 Å². The van der Waals surface area contributed by atoms with E-state index in [1.165, 1.54) is 0 Å². The van der Waals surface area contributed by atoms with Gasteiger partial charge in [-0.3, -0.25) is 4.79 Å². The summed E-state index contributed by atoms with van der Waals surface area (Å²) in [6.45, 7) is 5.65. The van der Waals surface area contributed by atoms with Gasteiger partial charge < -0.3 is 10.4 Å². The third kappa shape index (κ3) is 3.48. The number of hydrogen-bond acceptors (Lipinski definition) is 3. The summed E-state index contributed by atoms with van der Waals surface area (Å²) in [5.41, 5.74) is 2.13. The lowest BCUT2D eigenvalue weighted by Gasteiger charge is -2.14. The molecule has 2 aromatic rings. The van der Waals surface area contributed by atoms with E-state index in [0.717, 1.165) is 11.4 Å². The molecular formula is C16H20ClN3O2. The van der Waals surface area contributed by atoms with Crippen LogP contribution in [-0.2, 0) is 0 Å². The standard InChI is InChI=1S/C16H20ClN3O2/c1-10(2)15-14(16(22)19-11(3)9-21)8-18-20(15)13-6-4-5-12(17)7-13/h4-8,10-11,21H,9H2,1-3H3,(H,19,22). The van der Waals surface area contributed by atoms with Crippen molar-refractivity contribution >= 4 is 17.5 Å². The zero-order valence-electron chi connectivity index (χ0n) is 12.9. The van der Waals surface area contributed by atoms with Crippen molar-refractivity contribution < 1.29 is 9.90 Å². The summed E-state index contributed by atoms with van der Waals surface area (Å²) in [5.74, 6) is -0.134. The Kier molecular flexibility index (Phi) is 5.21. The largest absolute Gasteiger partial charge is 0.394 e. The molecule has 0 bridgehead atoms. The van der Waals surface area contributed by atoms with Crippen LogP contribution in [0.2, 0.25) is 5.02 Å². The number of carbonyl (C=O) groups excluding carboxylic acids is 1. The summed E-state index contributed by atoms with van der Waals surface area (Å²) in [6, 6.07) is 7.03. The highest BCUT2D eigenvalue weighted by Crippen LogP contribution is 2.24. The van der Waals surface area contributed by atoms with Gasteiger partial charge in [-0.15, -0.1) is 0 Å². The van der Waals surface area contributed by atoms with Crippen molar-refractivity contribution in [2.45, 2.75) is 32.7 Å². The average molecular weight is 322 g/mol. The maximum atomic E-state index is 12.3. The molecule has 0 aliphatic rings. The van der Waals surface area contributed by atoms with Crippen LogP contribution in [0.25, 0.3) is 5.69 Å². The molecule has 0 aliphatic carbocycles. The number of benzene rings is 1. The van der Waals surface area contributed by atoms with Crippen molar-refractivity contribution in [1.82, 2.24) is 15.1 Å². The van der Waals surface area contributed by atoms with Crippen LogP contribution < -0.4 is 5.32 Å². The maximum Gasteiger partial charge on any atom is 0.255 e. The number of aliphatic hydroxyl groups is 1. The van der Waals surface area contributed by atoms with Gasteiger partial charge in [-0.05, 0) is 31.0 Å². The number of nitrogens with one attached hydrogen (secondary N) is 1. The second-order valence-electron chi connectivity index (χ2n) is 5.55. The smallest absolute Gasteiger partial charge is 0.255 e. The monoisotopic (exact) mass is 321 g/mol. The van der Waals surface area contributed by atoms with Crippen molar-refractivity contribution in [3.8, 4) is 5.69 Å². The Hall–Kier alpha value is -1.85. The first-order valence-electron chi connectivity index (χ1n) is 7.19. The lowest BCUT2D eigenvalue weighted by atomic mass is 10.0. The average Bonchev–Trinajstić information content (AvgIpc) is 2.92. The quantitative estimate of drug-likeness (QED) is 0.890. The summed E-state index contributed by atoms with van der Waals surface area (Å²) in [4.78, 5) is 12.3. The van der Waals surface area contributed by atoms with Gasteiger partial charge in [0.15, 0.2) is 0 Å². The van der Waals surface area contributed by atoms with Gasteiger partial charge in [-0.1, -0.05) is 31.5 Å². The van der Waals surface area contributed by atoms with Gasteiger partial charge in [0.1, 0.15) is 0 Å². The highest BCUT2D eigenvalue weighted by molar-refractivity contribution is 6.30. The Morgan fingerprint density at radius 1 is 1.41 bits per heavy atom. The minimum atomic E-state index is -0.304. The first-order chi connectivity index (χ1) is 10.4. The predicted molar refractivity (Wildman–Crippen MR) is 86.7 cm³/mol. The number of hydrogen-bond donors (Lipinski definition) is 2. The van der Waals surface area contributed by atoms with Crippen molar-refractivity contribution in [2.75, 3.05) is 6.61 Å². The number of halogens is 1. The molecular weight excluding hydrogens is 302 g/mol. The number of aliphatic hydroxyl groups excluding tert-OH is 1. The van der Waals surface area contributed by atoms with Crippen molar-refractivity contribution in [3.63, 3.8) is 0 Å². The Morgan fingerprint density at radius 3 is 2.73 bits per heavy atom. The fourth-order valence-corrected chi connectivity index (χ4v) is 2.43. The van der Waals surface area contributed by atoms with Gasteiger partial charge in [0.05, 0.1) is 29.7 Å². The molecule has 6 heteroatoms. The van der Waals surface area contributed by atoms with Gasteiger partial charge in [0.25, 0.3) is 5.91 Å². The minimum Gasteiger partial charge on any atom is -0.394 e. The van der Waals surface area contributed by atoms with Crippen LogP contribution in [0.15, 0.2) is 30.5 Å². The zero-order valence-corrected chi connectivity index (χ0v) is 13.6. The molecule has 1 unspecified atom stereocenters. The number of rotatable bonds is 5. The Morgan fingerprint density at radius 2 is 2.14 bits per heavy atom. The van der Waals surface area contributed by atoms with Crippen LogP contribution in [0.4, 0.5) is 0 Å². The first-order valence-corrected chi connectivity index (χ1v) is 7.57. The molecule has 0 spiro atoms. The lowest BCUT2D eigenvalue weighted by Crippen LogP contribution is -2.35. The molecule has 22 heavy (non-hydrogen) atoms. The molecule has 2 rings (SSSR count). The normalized spacial score (nSPS) is 12.5. The van der Waals surface area contributed by atoms with Crippen LogP contribution in [0.3, 0.4) is 0 Å². The van der Waals surface area contributed by atoms with Crippen LogP contribution >= 0.6 is 11.6 Å². The van der Waals surface area contributed by atoms with Crippen LogP contribution in [0.5, 0.6) is 0 Å². The fraction of sp³-hybridized carbons (Fsp3) is 0.375. The highest BCUT2D eigenvalue weighted by Gasteiger charge is 2.21. The van der Waals surface area contributed by atoms with E-state index in [0.29, 0.717) is 10.6 Å². The molecule has 118 valence electrons. The van der Waals surface area contributed by atoms with Gasteiger partial charge in [0.2, 0.25) is 0 Å². The Bertz CT molecular complexity index is 667. The van der Waals surface area contributed by atoms with Crippen LogP contribution in [0.1, 0.15) is 42.7 Å². The lowest BCUT2D eigenvalue weighted by molar-refractivity contribution is 0.0921. The third-order valence-corrected chi connectivity index (χ3v) is 3.54. The summed E-state index contributed by atoms with van der Waals surface area (Å²) in [6.07, 6.45) is 1.55. The molecule has 0 radical (unpaired) electrons. The molecule has 0 saturated carbocycles. The summed E-state index contributed by atoms with van der Waals surface area (Å²) in [5, 5.41) is 16.8. The predicted octanol–water partition coefficient (Wildman–Crippen LogP) is 2.76. The highest BCUT2D eigenvalue weighted by atomic mass is 35.5. The van der Waals surface area contributed by atoms with Crippen molar-refractivity contribution in [3.05, 3.63) is 46.7 Å². The molecule has 1 aromatic carbocycles. The van der Waals surface area contributed by atoms with Crippen LogP contribution in [-0.4, -0.2) is 33.4 Å². The number of amides is 1. The molecule has 1 aromatic heterocycles. The Balaban J connectivity index is 2.44. The second-order valence-corrected chi connectivity index (χ2v) is 5.98. The number of carbonyl (C=O) groups is 1. The van der Waals surface area contributed by atoms with Gasteiger partial charge >= 0.3 is 0 Å². The van der Waals surface area contributed by atoms with Gasteiger partial charge in [-0.2, -0.15) is 5.10 Å². The number of aromatic nitrogens is 2. The van der Waals surface area contributed by atoms with E-state index < -0.39 is 0 Å². The fourth-order valence-electron chi connectivity index (χ4n) is 2.25. The van der Waals surface area contributed by atoms with E-state index in [-0.39, 0.29) is 24.5 Å². The minimum absolute atomic E-state index is 0.103. The molecule has 1 heterocycles. The zero-order chi connectivity index (χ0) is 16.3. The van der Waals surface area contributed by atoms with E-state index in [1.807, 2.05) is 26.0 Å². The molecule has 5 nitrogen and oxygen atoms in total. The first kappa shape index (κ1) is 16.5. The van der Waals surface area contributed by atoms with Gasteiger partial charge in [-0.25, -0.2) is 4.68 Å². The van der Waals surface area contributed by atoms with E-state index in [1.54, 1.807) is 29.9 Å². The molecule has 0 fully saturated rings. The van der Waals surface area contributed by atoms with Gasteiger partial charge in [0, 0.05) is 11.1 Å². The molecule has 1 atom stereocenters. The number of nitrogens with zero attached hydrogens (tertiary/aromatic N) is 2. The van der Waals surface area contributed by atoms with E-state index in [4.69, 9.17) is 16.7 Å². The maximum absolute atomic E-state index is 12.3. The van der Waals surface area contributed by atoms with E-state index in [2.05, 4.69) is 10.4 Å². The second kappa shape index (κ2) is 6.94. The van der Waals surface area contributed by atoms with Crippen LogP contribution in [0, 0.1) is 0 Å². The van der Waals surface area contributed by atoms with Crippen molar-refractivity contribution in [1.29, 1.82) is 0 Å². The summed E-state index contributed by atoms with van der Waals surface area (Å²) >= 11 is 6.04.